The van der Waals surface area contributed by atoms with E-state index in [1.54, 1.807) is 12.1 Å². The normalized spacial score (nSPS) is 24.4. The van der Waals surface area contributed by atoms with Crippen LogP contribution in [0, 0.1) is 0 Å². The van der Waals surface area contributed by atoms with Crippen molar-refractivity contribution in [3.05, 3.63) is 28.2 Å². The summed E-state index contributed by atoms with van der Waals surface area (Å²) in [5, 5.41) is 5.13. The molecule has 1 heterocycles. The number of carbonyl (C=O) groups is 1. The lowest BCUT2D eigenvalue weighted by Crippen LogP contribution is -2.42. The zero-order valence-corrected chi connectivity index (χ0v) is 13.2. The Hall–Kier alpha value is -0.690. The molecule has 0 radical (unpaired) electrons. The Morgan fingerprint density at radius 2 is 1.90 bits per heavy atom. The molecule has 1 saturated heterocycles. The number of rotatable bonds is 2. The van der Waals surface area contributed by atoms with Gasteiger partial charge in [-0.05, 0) is 18.2 Å². The van der Waals surface area contributed by atoms with Gasteiger partial charge in [-0.1, -0.05) is 23.2 Å². The van der Waals surface area contributed by atoms with E-state index in [0.717, 1.165) is 0 Å². The first kappa shape index (κ1) is 15.7. The summed E-state index contributed by atoms with van der Waals surface area (Å²) >= 11 is 17.5. The van der Waals surface area contributed by atoms with E-state index in [9.17, 15) is 13.2 Å². The van der Waals surface area contributed by atoms with Crippen molar-refractivity contribution in [2.75, 3.05) is 16.8 Å². The summed E-state index contributed by atoms with van der Waals surface area (Å²) < 4.78 is 22.8. The van der Waals surface area contributed by atoms with Crippen LogP contribution in [0.2, 0.25) is 10.0 Å². The molecule has 2 atom stereocenters. The SMILES string of the molecule is O=C(Nc1ccc(Cl)c(Cl)c1)NC1CS(=O)(=O)CC1Cl. The summed E-state index contributed by atoms with van der Waals surface area (Å²) in [4.78, 5) is 11.8. The van der Waals surface area contributed by atoms with Gasteiger partial charge in [0.15, 0.2) is 9.84 Å². The number of sulfone groups is 1. The van der Waals surface area contributed by atoms with E-state index in [2.05, 4.69) is 10.6 Å². The summed E-state index contributed by atoms with van der Waals surface area (Å²) in [6.07, 6.45) is 0. The molecule has 0 saturated carbocycles. The molecular formula is C11H11Cl3N2O3S. The van der Waals surface area contributed by atoms with Crippen molar-refractivity contribution >= 4 is 56.4 Å². The lowest BCUT2D eigenvalue weighted by atomic mass is 10.2. The lowest BCUT2D eigenvalue weighted by molar-refractivity contribution is 0.249. The number of anilines is 1. The maximum atomic E-state index is 11.8. The second-order valence-electron chi connectivity index (χ2n) is 4.43. The van der Waals surface area contributed by atoms with Crippen LogP contribution in [-0.2, 0) is 9.84 Å². The molecule has 2 unspecified atom stereocenters. The summed E-state index contributed by atoms with van der Waals surface area (Å²) in [5.41, 5.74) is 0.448. The molecule has 1 fully saturated rings. The lowest BCUT2D eigenvalue weighted by Gasteiger charge is -2.15. The van der Waals surface area contributed by atoms with Gasteiger partial charge in [-0.25, -0.2) is 13.2 Å². The molecule has 1 aliphatic heterocycles. The molecule has 5 nitrogen and oxygen atoms in total. The number of amides is 2. The second-order valence-corrected chi connectivity index (χ2v) is 7.96. The molecule has 0 aromatic heterocycles. The third-order valence-corrected chi connectivity index (χ3v) is 5.89. The minimum Gasteiger partial charge on any atom is -0.333 e. The Labute approximate surface area is 131 Å². The van der Waals surface area contributed by atoms with Gasteiger partial charge in [-0.3, -0.25) is 0 Å². The monoisotopic (exact) mass is 356 g/mol. The van der Waals surface area contributed by atoms with Gasteiger partial charge in [-0.15, -0.1) is 11.6 Å². The smallest absolute Gasteiger partial charge is 0.319 e. The minimum absolute atomic E-state index is 0.133. The van der Waals surface area contributed by atoms with Crippen molar-refractivity contribution in [2.45, 2.75) is 11.4 Å². The zero-order chi connectivity index (χ0) is 14.9. The van der Waals surface area contributed by atoms with E-state index in [-0.39, 0.29) is 11.5 Å². The van der Waals surface area contributed by atoms with Gasteiger partial charge in [-0.2, -0.15) is 0 Å². The van der Waals surface area contributed by atoms with Crippen molar-refractivity contribution in [2.24, 2.45) is 0 Å². The average molecular weight is 358 g/mol. The van der Waals surface area contributed by atoms with Crippen LogP contribution in [0.1, 0.15) is 0 Å². The Balaban J connectivity index is 1.97. The van der Waals surface area contributed by atoms with E-state index in [4.69, 9.17) is 34.8 Å². The fraction of sp³-hybridized carbons (Fsp3) is 0.364. The number of hydrogen-bond acceptors (Lipinski definition) is 3. The van der Waals surface area contributed by atoms with Crippen LogP contribution in [-0.4, -0.2) is 37.4 Å². The first-order valence-electron chi connectivity index (χ1n) is 5.64. The van der Waals surface area contributed by atoms with Crippen molar-refractivity contribution in [3.8, 4) is 0 Å². The Bertz CT molecular complexity index is 636. The second kappa shape index (κ2) is 5.97. The molecule has 0 spiro atoms. The van der Waals surface area contributed by atoms with Crippen LogP contribution in [0.3, 0.4) is 0 Å². The Kier molecular flexibility index (Phi) is 4.69. The zero-order valence-electron chi connectivity index (χ0n) is 10.1. The molecule has 1 aromatic carbocycles. The number of halogens is 3. The molecular weight excluding hydrogens is 347 g/mol. The molecule has 110 valence electrons. The van der Waals surface area contributed by atoms with Crippen LogP contribution in [0.5, 0.6) is 0 Å². The van der Waals surface area contributed by atoms with Gasteiger partial charge in [0.1, 0.15) is 0 Å². The molecule has 0 bridgehead atoms. The molecule has 9 heteroatoms. The standard InChI is InChI=1S/C11H11Cl3N2O3S/c12-7-2-1-6(3-8(7)13)15-11(17)16-10-5-20(18,19)4-9(10)14/h1-3,9-10H,4-5H2,(H2,15,16,17). The first-order valence-corrected chi connectivity index (χ1v) is 8.65. The number of benzene rings is 1. The van der Waals surface area contributed by atoms with E-state index < -0.39 is 27.3 Å². The summed E-state index contributed by atoms with van der Waals surface area (Å²) in [7, 11) is -3.19. The number of hydrogen-bond donors (Lipinski definition) is 2. The van der Waals surface area contributed by atoms with E-state index in [1.165, 1.54) is 6.07 Å². The average Bonchev–Trinajstić information content (AvgIpc) is 2.57. The van der Waals surface area contributed by atoms with Gasteiger partial charge in [0.2, 0.25) is 0 Å². The predicted octanol–water partition coefficient (Wildman–Crippen LogP) is 2.52. The summed E-state index contributed by atoms with van der Waals surface area (Å²) in [6, 6.07) is 3.47. The van der Waals surface area contributed by atoms with Crippen molar-refractivity contribution in [1.29, 1.82) is 0 Å². The molecule has 2 N–H and O–H groups in total. The van der Waals surface area contributed by atoms with Gasteiger partial charge in [0, 0.05) is 5.69 Å². The van der Waals surface area contributed by atoms with Gasteiger partial charge >= 0.3 is 6.03 Å². The molecule has 2 amide bonds. The minimum atomic E-state index is -3.19. The van der Waals surface area contributed by atoms with Crippen molar-refractivity contribution in [1.82, 2.24) is 5.32 Å². The number of urea groups is 1. The fourth-order valence-electron chi connectivity index (χ4n) is 1.85. The molecule has 20 heavy (non-hydrogen) atoms. The largest absolute Gasteiger partial charge is 0.333 e. The topological polar surface area (TPSA) is 75.3 Å². The highest BCUT2D eigenvalue weighted by atomic mass is 35.5. The fourth-order valence-corrected chi connectivity index (χ4v) is 4.69. The summed E-state index contributed by atoms with van der Waals surface area (Å²) in [6.45, 7) is 0. The quantitative estimate of drug-likeness (QED) is 0.799. The highest BCUT2D eigenvalue weighted by molar-refractivity contribution is 7.91. The maximum Gasteiger partial charge on any atom is 0.319 e. The Morgan fingerprint density at radius 3 is 2.45 bits per heavy atom. The number of nitrogens with one attached hydrogen (secondary N) is 2. The van der Waals surface area contributed by atoms with Crippen LogP contribution < -0.4 is 10.6 Å². The summed E-state index contributed by atoms with van der Waals surface area (Å²) in [5.74, 6) is -0.289. The number of alkyl halides is 1. The van der Waals surface area contributed by atoms with Crippen LogP contribution in [0.15, 0.2) is 18.2 Å². The molecule has 1 aromatic rings. The van der Waals surface area contributed by atoms with Crippen molar-refractivity contribution < 1.29 is 13.2 Å². The third-order valence-electron chi connectivity index (χ3n) is 2.78. The number of carbonyl (C=O) groups excluding carboxylic acids is 1. The van der Waals surface area contributed by atoms with Gasteiger partial charge in [0.25, 0.3) is 0 Å². The van der Waals surface area contributed by atoms with Gasteiger partial charge < -0.3 is 10.6 Å². The van der Waals surface area contributed by atoms with Crippen molar-refractivity contribution in [3.63, 3.8) is 0 Å². The van der Waals surface area contributed by atoms with Gasteiger partial charge in [0.05, 0.1) is 33.0 Å². The van der Waals surface area contributed by atoms with E-state index in [1.807, 2.05) is 0 Å². The molecule has 1 aliphatic rings. The highest BCUT2D eigenvalue weighted by Crippen LogP contribution is 2.25. The Morgan fingerprint density at radius 1 is 1.20 bits per heavy atom. The molecule has 2 rings (SSSR count). The van der Waals surface area contributed by atoms with Crippen LogP contribution in [0.4, 0.5) is 10.5 Å². The van der Waals surface area contributed by atoms with E-state index in [0.29, 0.717) is 15.7 Å². The third kappa shape index (κ3) is 3.91. The highest BCUT2D eigenvalue weighted by Gasteiger charge is 2.37. The maximum absolute atomic E-state index is 11.8. The van der Waals surface area contributed by atoms with Crippen LogP contribution in [0.25, 0.3) is 0 Å². The van der Waals surface area contributed by atoms with Crippen LogP contribution >= 0.6 is 34.8 Å². The van der Waals surface area contributed by atoms with E-state index >= 15 is 0 Å². The first-order chi connectivity index (χ1) is 9.27. The predicted molar refractivity (Wildman–Crippen MR) is 80.7 cm³/mol. The molecule has 0 aliphatic carbocycles.